The molecule has 7 nitrogen and oxygen atoms in total. The van der Waals surface area contributed by atoms with Crippen molar-refractivity contribution >= 4 is 29.1 Å². The highest BCUT2D eigenvalue weighted by Gasteiger charge is 2.15. The van der Waals surface area contributed by atoms with Crippen LogP contribution >= 0.6 is 23.4 Å². The number of nitrogens with zero attached hydrogens (tertiary/aromatic N) is 5. The summed E-state index contributed by atoms with van der Waals surface area (Å²) in [5.41, 5.74) is 6.38. The molecule has 0 unspecified atom stereocenters. The van der Waals surface area contributed by atoms with Crippen molar-refractivity contribution in [1.29, 1.82) is 5.26 Å². The summed E-state index contributed by atoms with van der Waals surface area (Å²) in [5.74, 6) is -0.344. The van der Waals surface area contributed by atoms with Crippen LogP contribution in [0, 0.1) is 11.3 Å². The van der Waals surface area contributed by atoms with Crippen molar-refractivity contribution in [3.05, 3.63) is 40.6 Å². The summed E-state index contributed by atoms with van der Waals surface area (Å²) in [5, 5.41) is 21.3. The van der Waals surface area contributed by atoms with Gasteiger partial charge in [-0.15, -0.1) is 5.10 Å². The molecule has 0 aliphatic heterocycles. The van der Waals surface area contributed by atoms with Crippen LogP contribution in [0.25, 0.3) is 5.69 Å². The van der Waals surface area contributed by atoms with Crippen molar-refractivity contribution in [2.75, 3.05) is 5.75 Å². The highest BCUT2D eigenvalue weighted by Crippen LogP contribution is 2.20. The Morgan fingerprint density at radius 1 is 1.45 bits per heavy atom. The van der Waals surface area contributed by atoms with Gasteiger partial charge in [-0.05, 0) is 41.6 Å². The second-order valence-corrected chi connectivity index (χ2v) is 5.61. The molecule has 1 aromatic heterocycles. The molecule has 22 heavy (non-hydrogen) atoms. The number of benzene rings is 1. The van der Waals surface area contributed by atoms with E-state index in [1.807, 2.05) is 0 Å². The molecule has 9 heteroatoms. The molecule has 2 N–H and O–H groups in total. The number of ketones is 1. The first-order valence-electron chi connectivity index (χ1n) is 6.09. The highest BCUT2D eigenvalue weighted by molar-refractivity contribution is 7.99. The van der Waals surface area contributed by atoms with Gasteiger partial charge in [-0.1, -0.05) is 23.4 Å². The van der Waals surface area contributed by atoms with Crippen LogP contribution in [0.5, 0.6) is 0 Å². The zero-order valence-corrected chi connectivity index (χ0v) is 13.1. The molecule has 0 aliphatic carbocycles. The summed E-state index contributed by atoms with van der Waals surface area (Å²) >= 11 is 6.96. The van der Waals surface area contributed by atoms with Gasteiger partial charge in [0.1, 0.15) is 11.6 Å². The number of halogens is 1. The van der Waals surface area contributed by atoms with Crippen LogP contribution in [0.4, 0.5) is 0 Å². The molecule has 0 saturated heterocycles. The lowest BCUT2D eigenvalue weighted by Gasteiger charge is -2.04. The molecule has 0 saturated carbocycles. The minimum absolute atomic E-state index is 0.0192. The average molecular weight is 335 g/mol. The van der Waals surface area contributed by atoms with Gasteiger partial charge in [0.25, 0.3) is 0 Å². The molecule has 1 heterocycles. The quantitative estimate of drug-likeness (QED) is 0.503. The molecule has 1 aromatic carbocycles. The Balaban J connectivity index is 2.15. The number of hydrogen-bond donors (Lipinski definition) is 1. The predicted octanol–water partition coefficient (Wildman–Crippen LogP) is 1.73. The van der Waals surface area contributed by atoms with Crippen molar-refractivity contribution in [1.82, 2.24) is 20.2 Å². The smallest absolute Gasteiger partial charge is 0.214 e. The van der Waals surface area contributed by atoms with Crippen LogP contribution in [0.2, 0.25) is 5.02 Å². The first-order valence-corrected chi connectivity index (χ1v) is 7.46. The van der Waals surface area contributed by atoms with Crippen LogP contribution < -0.4 is 5.73 Å². The lowest BCUT2D eigenvalue weighted by molar-refractivity contribution is -0.112. The minimum Gasteiger partial charge on any atom is -0.401 e. The van der Waals surface area contributed by atoms with E-state index in [-0.39, 0.29) is 22.8 Å². The van der Waals surface area contributed by atoms with E-state index in [1.165, 1.54) is 11.6 Å². The van der Waals surface area contributed by atoms with Crippen LogP contribution in [0.3, 0.4) is 0 Å². The average Bonchev–Trinajstić information content (AvgIpc) is 2.94. The van der Waals surface area contributed by atoms with Gasteiger partial charge >= 0.3 is 0 Å². The number of carbonyl (C=O) groups excluding carboxylic acids is 1. The molecule has 0 spiro atoms. The second-order valence-electron chi connectivity index (χ2n) is 4.23. The van der Waals surface area contributed by atoms with Crippen molar-refractivity contribution in [2.24, 2.45) is 5.73 Å². The lowest BCUT2D eigenvalue weighted by Crippen LogP contribution is -2.11. The number of thioether (sulfide) groups is 1. The fourth-order valence-electron chi connectivity index (χ4n) is 1.59. The van der Waals surface area contributed by atoms with Gasteiger partial charge in [-0.25, -0.2) is 0 Å². The molecule has 0 amide bonds. The molecule has 2 rings (SSSR count). The van der Waals surface area contributed by atoms with E-state index in [9.17, 15) is 4.79 Å². The Bertz CT molecular complexity index is 758. The van der Waals surface area contributed by atoms with E-state index >= 15 is 0 Å². The largest absolute Gasteiger partial charge is 0.401 e. The van der Waals surface area contributed by atoms with Gasteiger partial charge < -0.3 is 5.73 Å². The van der Waals surface area contributed by atoms with Crippen molar-refractivity contribution in [2.45, 2.75) is 12.1 Å². The number of hydrogen-bond acceptors (Lipinski definition) is 7. The van der Waals surface area contributed by atoms with E-state index in [4.69, 9.17) is 22.6 Å². The van der Waals surface area contributed by atoms with Crippen LogP contribution in [-0.2, 0) is 4.79 Å². The Kier molecular flexibility index (Phi) is 5.14. The number of tetrazole rings is 1. The number of nitrogens with two attached hydrogens (primary N) is 1. The SMILES string of the molecule is C/C(N)=C(/C#N)C(=O)CSc1nnnn1-c1ccc(Cl)cc1. The van der Waals surface area contributed by atoms with E-state index < -0.39 is 0 Å². The number of nitriles is 1. The Morgan fingerprint density at radius 2 is 2.14 bits per heavy atom. The van der Waals surface area contributed by atoms with Crippen molar-refractivity contribution in [3.63, 3.8) is 0 Å². The molecular weight excluding hydrogens is 324 g/mol. The van der Waals surface area contributed by atoms with Gasteiger partial charge in [-0.2, -0.15) is 9.94 Å². The summed E-state index contributed by atoms with van der Waals surface area (Å²) in [6.45, 7) is 1.51. The molecule has 2 aromatic rings. The molecular formula is C13H11ClN6OS. The molecule has 0 aliphatic rings. The second kappa shape index (κ2) is 7.06. The number of carbonyl (C=O) groups is 1. The zero-order valence-electron chi connectivity index (χ0n) is 11.5. The third-order valence-electron chi connectivity index (χ3n) is 2.63. The molecule has 0 bridgehead atoms. The van der Waals surface area contributed by atoms with E-state index in [1.54, 1.807) is 30.3 Å². The monoisotopic (exact) mass is 334 g/mol. The van der Waals surface area contributed by atoms with Gasteiger partial charge in [0.2, 0.25) is 5.16 Å². The third kappa shape index (κ3) is 3.63. The summed E-state index contributed by atoms with van der Waals surface area (Å²) < 4.78 is 1.49. The standard InChI is InChI=1S/C13H11ClN6OS/c1-8(16)11(6-15)12(21)7-22-13-17-18-19-20(13)10-4-2-9(14)3-5-10/h2-5H,7,16H2,1H3/b11-8+. The molecule has 0 atom stereocenters. The van der Waals surface area contributed by atoms with Crippen molar-refractivity contribution in [3.8, 4) is 11.8 Å². The van der Waals surface area contributed by atoms with Crippen molar-refractivity contribution < 1.29 is 4.79 Å². The fraction of sp³-hybridized carbons (Fsp3) is 0.154. The predicted molar refractivity (Wildman–Crippen MR) is 82.4 cm³/mol. The van der Waals surface area contributed by atoms with E-state index in [0.29, 0.717) is 10.2 Å². The maximum absolute atomic E-state index is 11.9. The van der Waals surface area contributed by atoms with Gasteiger partial charge in [0.05, 0.1) is 11.4 Å². The Morgan fingerprint density at radius 3 is 2.73 bits per heavy atom. The number of Topliss-reactive ketones (excluding diaryl/α,β-unsaturated/α-hetero) is 1. The van der Waals surface area contributed by atoms with Gasteiger partial charge in [-0.3, -0.25) is 4.79 Å². The summed E-state index contributed by atoms with van der Waals surface area (Å²) in [4.78, 5) is 11.9. The molecule has 0 radical (unpaired) electrons. The van der Waals surface area contributed by atoms with Gasteiger partial charge in [0.15, 0.2) is 5.78 Å². The van der Waals surface area contributed by atoms with Crippen LogP contribution in [0.15, 0.2) is 40.7 Å². The Hall–Kier alpha value is -2.37. The maximum Gasteiger partial charge on any atom is 0.214 e. The number of aromatic nitrogens is 4. The summed E-state index contributed by atoms with van der Waals surface area (Å²) in [6, 6.07) is 8.75. The van der Waals surface area contributed by atoms with Crippen LogP contribution in [0.1, 0.15) is 6.92 Å². The maximum atomic E-state index is 11.9. The van der Waals surface area contributed by atoms with E-state index in [2.05, 4.69) is 15.5 Å². The first-order chi connectivity index (χ1) is 10.5. The first kappa shape index (κ1) is 16.0. The van der Waals surface area contributed by atoms with E-state index in [0.717, 1.165) is 17.4 Å². The lowest BCUT2D eigenvalue weighted by atomic mass is 10.2. The topological polar surface area (TPSA) is 110 Å². The number of allylic oxidation sites excluding steroid dienone is 2. The molecule has 0 fully saturated rings. The third-order valence-corrected chi connectivity index (χ3v) is 3.80. The normalized spacial score (nSPS) is 11.7. The minimum atomic E-state index is -0.363. The zero-order chi connectivity index (χ0) is 16.1. The Labute approximate surface area is 135 Å². The summed E-state index contributed by atoms with van der Waals surface area (Å²) in [6.07, 6.45) is 0. The highest BCUT2D eigenvalue weighted by atomic mass is 35.5. The van der Waals surface area contributed by atoms with Gasteiger partial charge in [0, 0.05) is 10.7 Å². The fourth-order valence-corrected chi connectivity index (χ4v) is 2.47. The molecule has 112 valence electrons. The summed E-state index contributed by atoms with van der Waals surface area (Å²) in [7, 11) is 0. The number of rotatable bonds is 5. The van der Waals surface area contributed by atoms with Crippen LogP contribution in [-0.4, -0.2) is 31.7 Å².